The molecule has 4 fully saturated rings. The first-order chi connectivity index (χ1) is 16.4. The molecule has 35 heavy (non-hydrogen) atoms. The van der Waals surface area contributed by atoms with Crippen molar-refractivity contribution in [3.8, 4) is 6.07 Å². The predicted octanol–water partition coefficient (Wildman–Crippen LogP) is 1.49. The summed E-state index contributed by atoms with van der Waals surface area (Å²) in [6.07, 6.45) is 2.20. The Morgan fingerprint density at radius 1 is 1.23 bits per heavy atom. The van der Waals surface area contributed by atoms with E-state index in [0.717, 1.165) is 12.8 Å². The highest BCUT2D eigenvalue weighted by Gasteiger charge is 2.62. The number of nitrogens with one attached hydrogen (secondary N) is 3. The van der Waals surface area contributed by atoms with Crippen molar-refractivity contribution < 1.29 is 32.3 Å². The third-order valence-corrected chi connectivity index (χ3v) is 6.83. The van der Waals surface area contributed by atoms with Gasteiger partial charge in [0.05, 0.1) is 12.6 Å². The van der Waals surface area contributed by atoms with Gasteiger partial charge in [0, 0.05) is 25.6 Å². The van der Waals surface area contributed by atoms with Crippen LogP contribution >= 0.6 is 0 Å². The van der Waals surface area contributed by atoms with Crippen LogP contribution in [-0.4, -0.2) is 67.4 Å². The molecular formula is C23H34F3N5O4. The highest BCUT2D eigenvalue weighted by Crippen LogP contribution is 2.61. The van der Waals surface area contributed by atoms with Gasteiger partial charge in [0.2, 0.25) is 18.2 Å². The SMILES string of the molecule is C1CC1.CC1(C)C2CN(C(=O)CNC(=O)C(F)(F)F)CC21.N#CC(CC1CCCNC1=O)NC=O. The molecule has 2 aliphatic carbocycles. The van der Waals surface area contributed by atoms with E-state index in [4.69, 9.17) is 5.26 Å². The predicted molar refractivity (Wildman–Crippen MR) is 119 cm³/mol. The Hall–Kier alpha value is -2.84. The molecule has 0 bridgehead atoms. The second-order valence-electron chi connectivity index (χ2n) is 9.91. The number of halogens is 3. The average Bonchev–Trinajstić information content (AvgIpc) is 3.71. The van der Waals surface area contributed by atoms with Gasteiger partial charge in [-0.3, -0.25) is 19.2 Å². The molecule has 0 aromatic carbocycles. The molecular weight excluding hydrogens is 467 g/mol. The molecule has 4 amide bonds. The standard InChI is InChI=1S/C11H15F3N2O2.C9H13N3O2.C3H6/c1-10(2)6-4-16(5-7(6)10)8(17)3-15-9(18)11(12,13)14;10-5-8(12-6-13)4-7-2-1-3-11-9(7)14;1-2-3-1/h6-7H,3-5H2,1-2H3,(H,15,18);6-8H,1-4H2,(H,11,14)(H,12,13);1-3H2. The van der Waals surface area contributed by atoms with E-state index >= 15 is 0 Å². The fourth-order valence-electron chi connectivity index (χ4n) is 4.29. The Balaban J connectivity index is 0.000000225. The van der Waals surface area contributed by atoms with Crippen LogP contribution in [-0.2, 0) is 19.2 Å². The minimum absolute atomic E-state index is 0.0100. The molecule has 3 N–H and O–H groups in total. The normalized spacial score (nSPS) is 26.1. The van der Waals surface area contributed by atoms with Gasteiger partial charge in [-0.1, -0.05) is 33.1 Å². The van der Waals surface area contributed by atoms with Crippen molar-refractivity contribution in [1.29, 1.82) is 5.26 Å². The molecule has 2 saturated heterocycles. The molecule has 196 valence electrons. The van der Waals surface area contributed by atoms with E-state index in [1.54, 1.807) is 5.32 Å². The van der Waals surface area contributed by atoms with Crippen LogP contribution in [0.3, 0.4) is 0 Å². The zero-order valence-corrected chi connectivity index (χ0v) is 20.1. The van der Waals surface area contributed by atoms with Gasteiger partial charge in [0.25, 0.3) is 0 Å². The summed E-state index contributed by atoms with van der Waals surface area (Å²) in [7, 11) is 0. The fraction of sp³-hybridized carbons (Fsp3) is 0.783. The van der Waals surface area contributed by atoms with Crippen LogP contribution in [0.25, 0.3) is 0 Å². The van der Waals surface area contributed by atoms with E-state index < -0.39 is 30.6 Å². The van der Waals surface area contributed by atoms with Crippen molar-refractivity contribution in [3.63, 3.8) is 0 Å². The molecule has 2 heterocycles. The van der Waals surface area contributed by atoms with Crippen LogP contribution in [0.5, 0.6) is 0 Å². The van der Waals surface area contributed by atoms with Gasteiger partial charge >= 0.3 is 12.1 Å². The second-order valence-corrected chi connectivity index (χ2v) is 9.91. The van der Waals surface area contributed by atoms with Crippen molar-refractivity contribution in [1.82, 2.24) is 20.9 Å². The summed E-state index contributed by atoms with van der Waals surface area (Å²) in [6, 6.07) is 1.39. The molecule has 2 saturated carbocycles. The first kappa shape index (κ1) is 28.4. The monoisotopic (exact) mass is 501 g/mol. The van der Waals surface area contributed by atoms with Crippen molar-refractivity contribution in [2.24, 2.45) is 23.2 Å². The van der Waals surface area contributed by atoms with Gasteiger partial charge in [-0.2, -0.15) is 18.4 Å². The first-order valence-electron chi connectivity index (χ1n) is 11.9. The van der Waals surface area contributed by atoms with Crippen LogP contribution in [0.2, 0.25) is 0 Å². The third-order valence-electron chi connectivity index (χ3n) is 6.83. The topological polar surface area (TPSA) is 131 Å². The van der Waals surface area contributed by atoms with Crippen molar-refractivity contribution in [2.45, 2.75) is 64.6 Å². The second kappa shape index (κ2) is 12.2. The Labute approximate surface area is 203 Å². The highest BCUT2D eigenvalue weighted by molar-refractivity contribution is 5.87. The van der Waals surface area contributed by atoms with E-state index in [-0.39, 0.29) is 17.2 Å². The average molecular weight is 502 g/mol. The summed E-state index contributed by atoms with van der Waals surface area (Å²) in [4.78, 5) is 45.1. The summed E-state index contributed by atoms with van der Waals surface area (Å²) >= 11 is 0. The first-order valence-corrected chi connectivity index (χ1v) is 11.9. The lowest BCUT2D eigenvalue weighted by Crippen LogP contribution is -2.44. The summed E-state index contributed by atoms with van der Waals surface area (Å²) in [6.45, 7) is 5.54. The van der Waals surface area contributed by atoms with Crippen LogP contribution in [0.1, 0.15) is 52.4 Å². The molecule has 0 aromatic rings. The van der Waals surface area contributed by atoms with E-state index in [1.165, 1.54) is 24.2 Å². The molecule has 4 unspecified atom stereocenters. The lowest BCUT2D eigenvalue weighted by molar-refractivity contribution is -0.174. The van der Waals surface area contributed by atoms with E-state index in [0.29, 0.717) is 44.3 Å². The fourth-order valence-corrected chi connectivity index (χ4v) is 4.29. The number of alkyl halides is 3. The molecule has 9 nitrogen and oxygen atoms in total. The number of likely N-dealkylation sites (tertiary alicyclic amines) is 1. The number of rotatable bonds is 6. The van der Waals surface area contributed by atoms with Crippen LogP contribution in [0.15, 0.2) is 0 Å². The number of hydrogen-bond acceptors (Lipinski definition) is 5. The molecule has 4 aliphatic rings. The minimum atomic E-state index is -4.94. The maximum Gasteiger partial charge on any atom is 0.471 e. The third kappa shape index (κ3) is 8.71. The summed E-state index contributed by atoms with van der Waals surface area (Å²) in [5, 5.41) is 15.4. The largest absolute Gasteiger partial charge is 0.471 e. The number of fused-ring (bicyclic) bond motifs is 1. The van der Waals surface area contributed by atoms with Gasteiger partial charge < -0.3 is 20.9 Å². The quantitative estimate of drug-likeness (QED) is 0.475. The zero-order valence-electron chi connectivity index (χ0n) is 20.1. The zero-order chi connectivity index (χ0) is 26.2. The lowest BCUT2D eigenvalue weighted by Gasteiger charge is -2.23. The number of nitrogens with zero attached hydrogens (tertiary/aromatic N) is 2. The van der Waals surface area contributed by atoms with Crippen molar-refractivity contribution in [3.05, 3.63) is 0 Å². The molecule has 2 aliphatic heterocycles. The Bertz CT molecular complexity index is 808. The molecule has 12 heteroatoms. The van der Waals surface area contributed by atoms with Crippen LogP contribution in [0.4, 0.5) is 13.2 Å². The van der Waals surface area contributed by atoms with Crippen molar-refractivity contribution in [2.75, 3.05) is 26.2 Å². The molecule has 0 radical (unpaired) electrons. The van der Waals surface area contributed by atoms with E-state index in [1.807, 2.05) is 6.07 Å². The number of carbonyl (C=O) groups excluding carboxylic acids is 4. The number of nitriles is 1. The minimum Gasteiger partial charge on any atom is -0.356 e. The Kier molecular flexibility index (Phi) is 9.92. The molecule has 0 spiro atoms. The van der Waals surface area contributed by atoms with Crippen LogP contribution < -0.4 is 16.0 Å². The molecule has 4 rings (SSSR count). The number of carbonyl (C=O) groups is 4. The van der Waals surface area contributed by atoms with E-state index in [9.17, 15) is 32.3 Å². The van der Waals surface area contributed by atoms with Gasteiger partial charge in [-0.25, -0.2) is 0 Å². The van der Waals surface area contributed by atoms with E-state index in [2.05, 4.69) is 24.5 Å². The van der Waals surface area contributed by atoms with Gasteiger partial charge in [0.1, 0.15) is 6.04 Å². The number of amides is 4. The number of hydrogen-bond donors (Lipinski definition) is 3. The molecule has 0 aromatic heterocycles. The highest BCUT2D eigenvalue weighted by atomic mass is 19.4. The lowest BCUT2D eigenvalue weighted by atomic mass is 9.92. The smallest absolute Gasteiger partial charge is 0.356 e. The summed E-state index contributed by atoms with van der Waals surface area (Å²) in [5.41, 5.74) is 0.242. The van der Waals surface area contributed by atoms with Crippen LogP contribution in [0, 0.1) is 34.5 Å². The Morgan fingerprint density at radius 2 is 1.83 bits per heavy atom. The molecule has 4 atom stereocenters. The summed E-state index contributed by atoms with van der Waals surface area (Å²) in [5.74, 6) is -1.78. The number of piperidine rings is 2. The van der Waals surface area contributed by atoms with Gasteiger partial charge in [-0.15, -0.1) is 0 Å². The van der Waals surface area contributed by atoms with Gasteiger partial charge in [0.15, 0.2) is 0 Å². The maximum absolute atomic E-state index is 11.9. The Morgan fingerprint density at radius 3 is 2.29 bits per heavy atom. The summed E-state index contributed by atoms with van der Waals surface area (Å²) < 4.78 is 35.7. The maximum atomic E-state index is 11.9. The van der Waals surface area contributed by atoms with Crippen molar-refractivity contribution >= 4 is 24.1 Å². The van der Waals surface area contributed by atoms with Gasteiger partial charge in [-0.05, 0) is 36.5 Å².